The topological polar surface area (TPSA) is 140 Å². The van der Waals surface area contributed by atoms with Crippen LogP contribution in [0.15, 0.2) is 24.3 Å². The SMILES string of the molecule is CCCCCCCC/C=C\CCCCCCCCOC[C@H](COP(=O)(O)OC[C@H](N)C(=O)[O-])OCCCCCCCC/C=C\CCCCCCCC.[Na+]. The van der Waals surface area contributed by atoms with Crippen molar-refractivity contribution in [3.05, 3.63) is 24.3 Å². The van der Waals surface area contributed by atoms with Gasteiger partial charge in [0.1, 0.15) is 6.10 Å². The second-order valence-corrected chi connectivity index (χ2v) is 15.9. The Morgan fingerprint density at radius 1 is 0.585 bits per heavy atom. The summed E-state index contributed by atoms with van der Waals surface area (Å²) in [5.41, 5.74) is 5.31. The minimum atomic E-state index is -4.51. The number of ether oxygens (including phenoxy) is 2. The largest absolute Gasteiger partial charge is 1.00 e. The van der Waals surface area contributed by atoms with Crippen LogP contribution in [0.1, 0.15) is 194 Å². The molecule has 3 atom stereocenters. The van der Waals surface area contributed by atoms with E-state index in [4.69, 9.17) is 24.3 Å². The summed E-state index contributed by atoms with van der Waals surface area (Å²) in [5.74, 6) is -1.57. The van der Waals surface area contributed by atoms with Gasteiger partial charge in [-0.2, -0.15) is 0 Å². The molecule has 53 heavy (non-hydrogen) atoms. The molecule has 0 saturated carbocycles. The molecule has 0 saturated heterocycles. The Morgan fingerprint density at radius 3 is 1.36 bits per heavy atom. The van der Waals surface area contributed by atoms with Crippen molar-refractivity contribution < 1.29 is 67.4 Å². The number of aliphatic carboxylic acids is 1. The average molecular weight is 782 g/mol. The van der Waals surface area contributed by atoms with Gasteiger partial charge in [-0.3, -0.25) is 9.05 Å². The van der Waals surface area contributed by atoms with Crippen molar-refractivity contribution in [2.45, 2.75) is 206 Å². The van der Waals surface area contributed by atoms with Gasteiger partial charge in [0.25, 0.3) is 0 Å². The Morgan fingerprint density at radius 2 is 0.943 bits per heavy atom. The monoisotopic (exact) mass is 782 g/mol. The van der Waals surface area contributed by atoms with Crippen molar-refractivity contribution in [3.63, 3.8) is 0 Å². The van der Waals surface area contributed by atoms with E-state index in [0.717, 1.165) is 38.5 Å². The minimum absolute atomic E-state index is 0. The maximum absolute atomic E-state index is 12.3. The summed E-state index contributed by atoms with van der Waals surface area (Å²) in [6, 6.07) is -1.53. The minimum Gasteiger partial charge on any atom is -0.548 e. The number of carbonyl (C=O) groups is 1. The number of phosphoric acid groups is 1. The molecule has 308 valence electrons. The molecular formula is C42H81NNaO8P. The summed E-state index contributed by atoms with van der Waals surface area (Å²) >= 11 is 0. The zero-order valence-corrected chi connectivity index (χ0v) is 37.5. The van der Waals surface area contributed by atoms with E-state index in [0.29, 0.717) is 13.2 Å². The Kier molecular flexibility index (Phi) is 44.7. The second kappa shape index (κ2) is 43.1. The van der Waals surface area contributed by atoms with Crippen LogP contribution in [0, 0.1) is 0 Å². The van der Waals surface area contributed by atoms with Crippen molar-refractivity contribution in [1.82, 2.24) is 0 Å². The number of phosphoric ester groups is 1. The van der Waals surface area contributed by atoms with E-state index in [1.165, 1.54) is 141 Å². The fraction of sp³-hybridized carbons (Fsp3) is 0.881. The Hall–Kier alpha value is -0.0600. The quantitative estimate of drug-likeness (QED) is 0.0276. The van der Waals surface area contributed by atoms with Crippen molar-refractivity contribution in [3.8, 4) is 0 Å². The molecule has 1 unspecified atom stereocenters. The first kappa shape index (κ1) is 55.0. The van der Waals surface area contributed by atoms with Crippen LogP contribution in [0.5, 0.6) is 0 Å². The normalized spacial score (nSPS) is 14.1. The molecule has 0 fully saturated rings. The van der Waals surface area contributed by atoms with Gasteiger partial charge in [0.05, 0.1) is 31.8 Å². The van der Waals surface area contributed by atoms with E-state index in [-0.39, 0.29) is 42.8 Å². The van der Waals surface area contributed by atoms with Gasteiger partial charge in [0.15, 0.2) is 0 Å². The van der Waals surface area contributed by atoms with Crippen molar-refractivity contribution in [1.29, 1.82) is 0 Å². The molecule has 0 heterocycles. The number of unbranched alkanes of at least 4 members (excludes halogenated alkanes) is 24. The zero-order valence-electron chi connectivity index (χ0n) is 34.6. The zero-order chi connectivity index (χ0) is 38.2. The number of rotatable bonds is 42. The first-order valence-corrected chi connectivity index (χ1v) is 22.9. The van der Waals surface area contributed by atoms with Crippen molar-refractivity contribution >= 4 is 13.8 Å². The van der Waals surface area contributed by atoms with Crippen LogP contribution >= 0.6 is 7.82 Å². The Balaban J connectivity index is 0. The van der Waals surface area contributed by atoms with Crippen molar-refractivity contribution in [2.75, 3.05) is 33.0 Å². The number of carboxylic acid groups (broad SMARTS) is 1. The first-order chi connectivity index (χ1) is 25.3. The molecular weight excluding hydrogens is 700 g/mol. The number of carboxylic acids is 1. The number of nitrogens with two attached hydrogens (primary N) is 1. The summed E-state index contributed by atoms with van der Waals surface area (Å²) in [7, 11) is -4.51. The maximum atomic E-state index is 12.3. The second-order valence-electron chi connectivity index (χ2n) is 14.4. The Labute approximate surface area is 348 Å². The molecule has 0 amide bonds. The van der Waals surface area contributed by atoms with Crippen LogP contribution in [0.25, 0.3) is 0 Å². The maximum Gasteiger partial charge on any atom is 1.00 e. The molecule has 11 heteroatoms. The summed E-state index contributed by atoms with van der Waals surface area (Å²) < 4.78 is 33.9. The third-order valence-electron chi connectivity index (χ3n) is 9.26. The van der Waals surface area contributed by atoms with E-state index >= 15 is 0 Å². The van der Waals surface area contributed by atoms with Crippen molar-refractivity contribution in [2.24, 2.45) is 5.73 Å². The molecule has 0 aromatic heterocycles. The van der Waals surface area contributed by atoms with E-state index < -0.39 is 32.5 Å². The van der Waals surface area contributed by atoms with Crippen LogP contribution in [-0.2, 0) is 27.9 Å². The van der Waals surface area contributed by atoms with Gasteiger partial charge in [-0.15, -0.1) is 0 Å². The van der Waals surface area contributed by atoms with E-state index in [2.05, 4.69) is 38.2 Å². The average Bonchev–Trinajstić information content (AvgIpc) is 3.13. The summed E-state index contributed by atoms with van der Waals surface area (Å²) in [4.78, 5) is 20.8. The molecule has 0 aliphatic carbocycles. The molecule has 0 aromatic rings. The molecule has 9 nitrogen and oxygen atoms in total. The van der Waals surface area contributed by atoms with Gasteiger partial charge in [-0.25, -0.2) is 4.57 Å². The van der Waals surface area contributed by atoms with Gasteiger partial charge in [-0.1, -0.05) is 154 Å². The summed E-state index contributed by atoms with van der Waals surface area (Å²) in [5, 5.41) is 10.8. The number of hydrogen-bond donors (Lipinski definition) is 2. The van der Waals surface area contributed by atoms with Gasteiger partial charge in [-0.05, 0) is 64.2 Å². The van der Waals surface area contributed by atoms with E-state index in [9.17, 15) is 19.4 Å². The third kappa shape index (κ3) is 42.9. The third-order valence-corrected chi connectivity index (χ3v) is 10.2. The molecule has 3 N–H and O–H groups in total. The molecule has 0 radical (unpaired) electrons. The predicted octanol–water partition coefficient (Wildman–Crippen LogP) is 7.68. The smallest absolute Gasteiger partial charge is 0.548 e. The van der Waals surface area contributed by atoms with Gasteiger partial charge in [0.2, 0.25) is 0 Å². The molecule has 0 aliphatic rings. The van der Waals surface area contributed by atoms with Gasteiger partial charge in [0, 0.05) is 13.2 Å². The molecule has 0 spiro atoms. The summed E-state index contributed by atoms with van der Waals surface area (Å²) in [6.45, 7) is 4.93. The van der Waals surface area contributed by atoms with Crippen LogP contribution < -0.4 is 40.4 Å². The molecule has 0 bridgehead atoms. The number of allylic oxidation sites excluding steroid dienone is 4. The Bertz CT molecular complexity index is 878. The van der Waals surface area contributed by atoms with Crippen LogP contribution in [0.4, 0.5) is 0 Å². The fourth-order valence-corrected chi connectivity index (χ4v) is 6.65. The van der Waals surface area contributed by atoms with E-state index in [1.54, 1.807) is 0 Å². The standard InChI is InChI=1S/C42H82NO8P.Na/c1-3-5-7-9-11-13-15-17-19-21-23-25-27-29-31-33-35-48-37-40(38-50-52(46,47)51-39-41(43)42(44)45)49-36-34-32-30-28-26-24-22-20-18-16-14-12-10-8-6-4-2;/h17-20,40-41H,3-16,21-39,43H2,1-2H3,(H,44,45)(H,46,47);/q;+1/p-1/b19-17-,20-18-;/t40-,41+;/m1./s1. The van der Waals surface area contributed by atoms with Crippen LogP contribution in [-0.4, -0.2) is 56.0 Å². The van der Waals surface area contributed by atoms with Crippen LogP contribution in [0.3, 0.4) is 0 Å². The number of carbonyl (C=O) groups excluding carboxylic acids is 1. The number of hydrogen-bond acceptors (Lipinski definition) is 8. The van der Waals surface area contributed by atoms with E-state index in [1.807, 2.05) is 0 Å². The van der Waals surface area contributed by atoms with Crippen LogP contribution in [0.2, 0.25) is 0 Å². The molecule has 0 aliphatic heterocycles. The molecule has 0 rings (SSSR count). The fourth-order valence-electron chi connectivity index (χ4n) is 5.87. The van der Waals surface area contributed by atoms with Gasteiger partial charge < -0.3 is 30.0 Å². The predicted molar refractivity (Wildman–Crippen MR) is 214 cm³/mol. The first-order valence-electron chi connectivity index (χ1n) is 21.4. The molecule has 0 aromatic carbocycles. The van der Waals surface area contributed by atoms with Gasteiger partial charge >= 0.3 is 37.4 Å². The summed E-state index contributed by atoms with van der Waals surface area (Å²) in [6.07, 6.45) is 43.5.